The van der Waals surface area contributed by atoms with Gasteiger partial charge in [-0.15, -0.1) is 0 Å². The molecule has 4 heterocycles. The second kappa shape index (κ2) is 9.67. The highest BCUT2D eigenvalue weighted by molar-refractivity contribution is 5.63. The number of pyridine rings is 1. The molecule has 1 aromatic carbocycles. The van der Waals surface area contributed by atoms with Gasteiger partial charge in [0, 0.05) is 48.0 Å². The molecule has 0 N–H and O–H groups in total. The van der Waals surface area contributed by atoms with E-state index in [0.717, 1.165) is 29.9 Å². The molecule has 0 saturated carbocycles. The second-order valence-electron chi connectivity index (χ2n) is 10.0. The normalized spacial score (nSPS) is 15.4. The van der Waals surface area contributed by atoms with Crippen molar-refractivity contribution in [3.63, 3.8) is 0 Å². The highest BCUT2D eigenvalue weighted by Crippen LogP contribution is 2.30. The molecular weight excluding hydrogens is 418 g/mol. The van der Waals surface area contributed by atoms with Crippen LogP contribution in [0.2, 0.25) is 0 Å². The summed E-state index contributed by atoms with van der Waals surface area (Å²) in [7, 11) is 0. The number of benzene rings is 1. The summed E-state index contributed by atoms with van der Waals surface area (Å²) in [5.74, 6) is 0.571. The molecule has 34 heavy (non-hydrogen) atoms. The number of rotatable bonds is 6. The molecular formula is C29H35N5. The van der Waals surface area contributed by atoms with Crippen molar-refractivity contribution >= 4 is 5.65 Å². The number of hydrogen-bond acceptors (Lipinski definition) is 4. The Morgan fingerprint density at radius 1 is 0.971 bits per heavy atom. The van der Waals surface area contributed by atoms with Gasteiger partial charge in [-0.05, 0) is 83.7 Å². The topological polar surface area (TPSA) is 46.3 Å². The van der Waals surface area contributed by atoms with E-state index in [0.29, 0.717) is 12.0 Å². The third-order valence-electron chi connectivity index (χ3n) is 7.28. The Morgan fingerprint density at radius 3 is 2.53 bits per heavy atom. The number of fused-ring (bicyclic) bond motifs is 1. The molecule has 0 unspecified atom stereocenters. The summed E-state index contributed by atoms with van der Waals surface area (Å²) in [4.78, 5) is 16.9. The van der Waals surface area contributed by atoms with Gasteiger partial charge in [-0.25, -0.2) is 4.98 Å². The molecule has 176 valence electrons. The number of hydrogen-bond donors (Lipinski definition) is 0. The maximum atomic E-state index is 4.81. The van der Waals surface area contributed by atoms with Crippen LogP contribution in [0.4, 0.5) is 0 Å². The molecule has 1 saturated heterocycles. The Hall–Kier alpha value is -3.05. The maximum Gasteiger partial charge on any atom is 0.158 e. The third-order valence-corrected chi connectivity index (χ3v) is 7.28. The van der Waals surface area contributed by atoms with Crippen molar-refractivity contribution in [1.29, 1.82) is 0 Å². The molecule has 0 radical (unpaired) electrons. The number of piperidine rings is 1. The Balaban J connectivity index is 1.31. The number of likely N-dealkylation sites (tertiary alicyclic amines) is 1. The Bertz CT molecular complexity index is 1280. The largest absolute Gasteiger partial charge is 0.301 e. The Kier molecular flexibility index (Phi) is 6.46. The zero-order valence-corrected chi connectivity index (χ0v) is 20.8. The van der Waals surface area contributed by atoms with Gasteiger partial charge in [0.05, 0.1) is 11.4 Å². The van der Waals surface area contributed by atoms with Crippen LogP contribution in [0.1, 0.15) is 60.7 Å². The fraction of sp³-hybridized carbons (Fsp3) is 0.414. The molecule has 0 aliphatic carbocycles. The SMILES string of the molecule is Cc1cccc(-c2ncc(CCc3nccn4c(C5CCN(C(C)C)CC5)cnc34)cc2C)c1. The summed E-state index contributed by atoms with van der Waals surface area (Å²) in [6.45, 7) is 11.2. The number of nitrogens with zero attached hydrogens (tertiary/aromatic N) is 5. The molecule has 0 spiro atoms. The number of imidazole rings is 1. The predicted octanol–water partition coefficient (Wildman–Crippen LogP) is 5.78. The van der Waals surface area contributed by atoms with Gasteiger partial charge in [0.25, 0.3) is 0 Å². The molecule has 1 aliphatic rings. The van der Waals surface area contributed by atoms with Gasteiger partial charge < -0.3 is 9.30 Å². The smallest absolute Gasteiger partial charge is 0.158 e. The summed E-state index contributed by atoms with van der Waals surface area (Å²) in [6, 6.07) is 11.4. The first-order chi connectivity index (χ1) is 16.5. The van der Waals surface area contributed by atoms with Crippen LogP contribution in [0.3, 0.4) is 0 Å². The van der Waals surface area contributed by atoms with E-state index in [1.54, 1.807) is 0 Å². The quantitative estimate of drug-likeness (QED) is 0.371. The lowest BCUT2D eigenvalue weighted by molar-refractivity contribution is 0.170. The first-order valence-corrected chi connectivity index (χ1v) is 12.6. The Labute approximate surface area is 202 Å². The fourth-order valence-corrected chi connectivity index (χ4v) is 5.31. The summed E-state index contributed by atoms with van der Waals surface area (Å²) in [5.41, 5.74) is 9.36. The molecule has 0 amide bonds. The van der Waals surface area contributed by atoms with E-state index in [9.17, 15) is 0 Å². The first-order valence-electron chi connectivity index (χ1n) is 12.6. The van der Waals surface area contributed by atoms with Gasteiger partial charge in [0.1, 0.15) is 0 Å². The van der Waals surface area contributed by atoms with Crippen molar-refractivity contribution in [2.45, 2.75) is 65.3 Å². The molecule has 5 nitrogen and oxygen atoms in total. The van der Waals surface area contributed by atoms with Crippen molar-refractivity contribution in [2.75, 3.05) is 13.1 Å². The van der Waals surface area contributed by atoms with Gasteiger partial charge in [-0.3, -0.25) is 9.97 Å². The second-order valence-corrected chi connectivity index (χ2v) is 10.0. The molecule has 3 aromatic heterocycles. The van der Waals surface area contributed by atoms with Crippen molar-refractivity contribution in [3.8, 4) is 11.3 Å². The van der Waals surface area contributed by atoms with Crippen LogP contribution < -0.4 is 0 Å². The fourth-order valence-electron chi connectivity index (χ4n) is 5.31. The van der Waals surface area contributed by atoms with E-state index in [2.05, 4.69) is 79.7 Å². The van der Waals surface area contributed by atoms with E-state index in [1.807, 2.05) is 12.4 Å². The van der Waals surface area contributed by atoms with Crippen LogP contribution in [0, 0.1) is 13.8 Å². The van der Waals surface area contributed by atoms with E-state index < -0.39 is 0 Å². The van der Waals surface area contributed by atoms with Crippen molar-refractivity contribution < 1.29 is 0 Å². The lowest BCUT2D eigenvalue weighted by Gasteiger charge is -2.34. The van der Waals surface area contributed by atoms with Crippen molar-refractivity contribution in [2.24, 2.45) is 0 Å². The first kappa shape index (κ1) is 22.7. The minimum atomic E-state index is 0.571. The summed E-state index contributed by atoms with van der Waals surface area (Å²) < 4.78 is 2.28. The van der Waals surface area contributed by atoms with Crippen LogP contribution in [0.5, 0.6) is 0 Å². The highest BCUT2D eigenvalue weighted by atomic mass is 15.2. The lowest BCUT2D eigenvalue weighted by Crippen LogP contribution is -2.38. The molecule has 1 fully saturated rings. The van der Waals surface area contributed by atoms with E-state index in [-0.39, 0.29) is 0 Å². The molecule has 4 aromatic rings. The standard InChI is InChI=1S/C29H35N5/c1-20(2)33-13-10-24(11-14-33)27-19-32-29-26(30-12-15-34(27)29)9-8-23-17-22(4)28(31-18-23)25-7-5-6-21(3)16-25/h5-7,12,15-20,24H,8-11,13-14H2,1-4H3. The zero-order valence-electron chi connectivity index (χ0n) is 20.8. The minimum Gasteiger partial charge on any atom is -0.301 e. The van der Waals surface area contributed by atoms with Gasteiger partial charge in [-0.1, -0.05) is 29.8 Å². The highest BCUT2D eigenvalue weighted by Gasteiger charge is 2.24. The average Bonchev–Trinajstić information content (AvgIpc) is 3.27. The van der Waals surface area contributed by atoms with Crippen LogP contribution in [-0.4, -0.2) is 43.4 Å². The van der Waals surface area contributed by atoms with Gasteiger partial charge >= 0.3 is 0 Å². The van der Waals surface area contributed by atoms with Gasteiger partial charge in [-0.2, -0.15) is 0 Å². The van der Waals surface area contributed by atoms with Crippen LogP contribution in [-0.2, 0) is 12.8 Å². The lowest BCUT2D eigenvalue weighted by atomic mass is 9.93. The number of aryl methyl sites for hydroxylation is 4. The van der Waals surface area contributed by atoms with Crippen LogP contribution in [0.15, 0.2) is 55.1 Å². The van der Waals surface area contributed by atoms with Crippen molar-refractivity contribution in [1.82, 2.24) is 24.3 Å². The monoisotopic (exact) mass is 453 g/mol. The molecule has 5 rings (SSSR count). The van der Waals surface area contributed by atoms with E-state index >= 15 is 0 Å². The third kappa shape index (κ3) is 4.62. The van der Waals surface area contributed by atoms with E-state index in [4.69, 9.17) is 15.0 Å². The van der Waals surface area contributed by atoms with Crippen LogP contribution >= 0.6 is 0 Å². The molecule has 5 heteroatoms. The molecule has 1 aliphatic heterocycles. The molecule has 0 bridgehead atoms. The summed E-state index contributed by atoms with van der Waals surface area (Å²) in [6.07, 6.45) is 12.3. The molecule has 0 atom stereocenters. The van der Waals surface area contributed by atoms with Gasteiger partial charge in [0.2, 0.25) is 0 Å². The van der Waals surface area contributed by atoms with Crippen molar-refractivity contribution in [3.05, 3.63) is 83.2 Å². The number of aromatic nitrogens is 4. The van der Waals surface area contributed by atoms with E-state index in [1.165, 1.54) is 53.9 Å². The van der Waals surface area contributed by atoms with Gasteiger partial charge in [0.15, 0.2) is 5.65 Å². The maximum absolute atomic E-state index is 4.81. The zero-order chi connectivity index (χ0) is 23.7. The minimum absolute atomic E-state index is 0.571. The average molecular weight is 454 g/mol. The predicted molar refractivity (Wildman–Crippen MR) is 138 cm³/mol. The summed E-state index contributed by atoms with van der Waals surface area (Å²) in [5, 5.41) is 0. The Morgan fingerprint density at radius 2 is 1.79 bits per heavy atom. The summed E-state index contributed by atoms with van der Waals surface area (Å²) >= 11 is 0. The van der Waals surface area contributed by atoms with Crippen LogP contribution in [0.25, 0.3) is 16.9 Å².